The molecule has 2 aromatic carbocycles. The molecular weight excluding hydrogens is 542 g/mol. The first-order valence-corrected chi connectivity index (χ1v) is 15.4. The summed E-state index contributed by atoms with van der Waals surface area (Å²) in [5.41, 5.74) is 2.46. The number of amides is 3. The van der Waals surface area contributed by atoms with Crippen molar-refractivity contribution >= 4 is 23.6 Å². The first kappa shape index (κ1) is 35.6. The molecule has 8 nitrogen and oxygen atoms in total. The summed E-state index contributed by atoms with van der Waals surface area (Å²) in [6.07, 6.45) is 1.55. The average molecular weight is 596 g/mol. The van der Waals surface area contributed by atoms with E-state index in [9.17, 15) is 14.4 Å². The number of aryl methyl sites for hydroxylation is 2. The van der Waals surface area contributed by atoms with Crippen LogP contribution >= 0.6 is 0 Å². The Morgan fingerprint density at radius 3 is 1.98 bits per heavy atom. The molecule has 4 unspecified atom stereocenters. The van der Waals surface area contributed by atoms with Crippen LogP contribution in [0.5, 0.6) is 5.75 Å². The van der Waals surface area contributed by atoms with Crippen molar-refractivity contribution in [3.63, 3.8) is 0 Å². The molecule has 0 aliphatic rings. The highest BCUT2D eigenvalue weighted by atomic mass is 16.6. The number of nitrogens with zero attached hydrogens (tertiary/aromatic N) is 1. The highest BCUT2D eigenvalue weighted by Crippen LogP contribution is 2.33. The van der Waals surface area contributed by atoms with Crippen LogP contribution < -0.4 is 15.4 Å². The van der Waals surface area contributed by atoms with Crippen LogP contribution in [0, 0.1) is 25.7 Å². The minimum absolute atomic E-state index is 0.205. The SMILES string of the molecule is CCC(C)C(NC(=O)OC(C)(C)C)C(=O)N(C(C)CCC(C)C)C(C(=O)Nc1ccc(OC)cc1)c1c(C)cccc1C. The molecule has 2 rings (SSSR count). The lowest BCUT2D eigenvalue weighted by molar-refractivity contribution is -0.144. The molecule has 2 N–H and O–H groups in total. The van der Waals surface area contributed by atoms with Crippen LogP contribution in [0.25, 0.3) is 0 Å². The number of carbonyl (C=O) groups excluding carboxylic acids is 3. The molecule has 0 fully saturated rings. The molecular formula is C35H53N3O5. The second kappa shape index (κ2) is 15.8. The number of carbonyl (C=O) groups is 3. The summed E-state index contributed by atoms with van der Waals surface area (Å²) >= 11 is 0. The quantitative estimate of drug-likeness (QED) is 0.249. The Kier molecular flexibility index (Phi) is 13.1. The fourth-order valence-electron chi connectivity index (χ4n) is 5.13. The number of nitrogens with one attached hydrogen (secondary N) is 2. The third-order valence-electron chi connectivity index (χ3n) is 7.74. The minimum atomic E-state index is -0.940. The summed E-state index contributed by atoms with van der Waals surface area (Å²) in [6.45, 7) is 19.5. The highest BCUT2D eigenvalue weighted by Gasteiger charge is 2.41. The van der Waals surface area contributed by atoms with Gasteiger partial charge in [-0.25, -0.2) is 4.79 Å². The maximum Gasteiger partial charge on any atom is 0.408 e. The zero-order valence-electron chi connectivity index (χ0n) is 28.0. The van der Waals surface area contributed by atoms with Crippen LogP contribution in [0.2, 0.25) is 0 Å². The van der Waals surface area contributed by atoms with Crippen LogP contribution in [-0.2, 0) is 14.3 Å². The van der Waals surface area contributed by atoms with Crippen molar-refractivity contribution in [3.05, 3.63) is 59.2 Å². The van der Waals surface area contributed by atoms with Gasteiger partial charge in [-0.3, -0.25) is 9.59 Å². The number of hydrogen-bond donors (Lipinski definition) is 2. The molecule has 8 heteroatoms. The van der Waals surface area contributed by atoms with Crippen molar-refractivity contribution in [1.82, 2.24) is 10.2 Å². The second-order valence-electron chi connectivity index (χ2n) is 13.0. The first-order valence-electron chi connectivity index (χ1n) is 15.4. The molecule has 0 saturated carbocycles. The van der Waals surface area contributed by atoms with E-state index in [-0.39, 0.29) is 23.8 Å². The fraction of sp³-hybridized carbons (Fsp3) is 0.571. The summed E-state index contributed by atoms with van der Waals surface area (Å²) in [7, 11) is 1.59. The minimum Gasteiger partial charge on any atom is -0.497 e. The van der Waals surface area contributed by atoms with Gasteiger partial charge in [-0.15, -0.1) is 0 Å². The van der Waals surface area contributed by atoms with Crippen molar-refractivity contribution in [2.24, 2.45) is 11.8 Å². The fourth-order valence-corrected chi connectivity index (χ4v) is 5.13. The van der Waals surface area contributed by atoms with Crippen LogP contribution in [0.15, 0.2) is 42.5 Å². The molecule has 4 atom stereocenters. The maximum absolute atomic E-state index is 14.8. The normalized spacial score (nSPS) is 14.3. The maximum atomic E-state index is 14.8. The van der Waals surface area contributed by atoms with Gasteiger partial charge >= 0.3 is 6.09 Å². The topological polar surface area (TPSA) is 97.0 Å². The molecule has 0 heterocycles. The third kappa shape index (κ3) is 10.3. The average Bonchev–Trinajstić information content (AvgIpc) is 2.92. The van der Waals surface area contributed by atoms with E-state index in [0.29, 0.717) is 30.2 Å². The Morgan fingerprint density at radius 2 is 1.49 bits per heavy atom. The van der Waals surface area contributed by atoms with E-state index in [1.54, 1.807) is 57.0 Å². The Morgan fingerprint density at radius 1 is 0.907 bits per heavy atom. The number of methoxy groups -OCH3 is 1. The molecule has 0 aromatic heterocycles. The van der Waals surface area contributed by atoms with E-state index in [1.807, 2.05) is 52.8 Å². The van der Waals surface area contributed by atoms with Crippen LogP contribution in [0.3, 0.4) is 0 Å². The zero-order valence-corrected chi connectivity index (χ0v) is 28.0. The molecule has 0 aliphatic carbocycles. The van der Waals surface area contributed by atoms with Crippen molar-refractivity contribution < 1.29 is 23.9 Å². The largest absolute Gasteiger partial charge is 0.497 e. The van der Waals surface area contributed by atoms with E-state index < -0.39 is 23.8 Å². The predicted octanol–water partition coefficient (Wildman–Crippen LogP) is 7.58. The number of anilines is 1. The van der Waals surface area contributed by atoms with Gasteiger partial charge in [0.25, 0.3) is 5.91 Å². The monoisotopic (exact) mass is 595 g/mol. The Labute approximate surface area is 258 Å². The lowest BCUT2D eigenvalue weighted by Gasteiger charge is -2.40. The van der Waals surface area contributed by atoms with Crippen molar-refractivity contribution in [3.8, 4) is 5.75 Å². The number of ether oxygens (including phenoxy) is 2. The lowest BCUT2D eigenvalue weighted by atomic mass is 9.90. The second-order valence-corrected chi connectivity index (χ2v) is 13.0. The van der Waals surface area contributed by atoms with Gasteiger partial charge in [-0.1, -0.05) is 52.3 Å². The number of hydrogen-bond acceptors (Lipinski definition) is 5. The molecule has 238 valence electrons. The van der Waals surface area contributed by atoms with Crippen molar-refractivity contribution in [2.75, 3.05) is 12.4 Å². The Hall–Kier alpha value is -3.55. The van der Waals surface area contributed by atoms with Crippen LogP contribution in [-0.4, -0.2) is 47.6 Å². The predicted molar refractivity (Wildman–Crippen MR) is 173 cm³/mol. The molecule has 0 radical (unpaired) electrons. The summed E-state index contributed by atoms with van der Waals surface area (Å²) in [4.78, 5) is 43.8. The van der Waals surface area contributed by atoms with E-state index in [4.69, 9.17) is 9.47 Å². The van der Waals surface area contributed by atoms with Gasteiger partial charge in [0, 0.05) is 11.7 Å². The van der Waals surface area contributed by atoms with Gasteiger partial charge in [-0.2, -0.15) is 0 Å². The number of alkyl carbamates (subject to hydrolysis) is 1. The van der Waals surface area contributed by atoms with E-state index >= 15 is 0 Å². The summed E-state index contributed by atoms with van der Waals surface area (Å²) in [5.74, 6) is 0.244. The standard InChI is InChI=1S/C35H53N3O5/c1-12-23(4)30(37-34(41)43-35(8,9)10)33(40)38(26(7)17-16-22(2)3)31(29-24(5)14-13-15-25(29)6)32(39)36-27-18-20-28(42-11)21-19-27/h13-15,18-23,26,30-31H,12,16-17H2,1-11H3,(H,36,39)(H,37,41). The molecule has 0 aliphatic heterocycles. The molecule has 0 spiro atoms. The molecule has 2 aromatic rings. The van der Waals surface area contributed by atoms with Gasteiger partial charge in [0.1, 0.15) is 23.4 Å². The molecule has 43 heavy (non-hydrogen) atoms. The Bertz CT molecular complexity index is 1200. The lowest BCUT2D eigenvalue weighted by Crippen LogP contribution is -2.57. The number of rotatable bonds is 13. The van der Waals surface area contributed by atoms with Gasteiger partial charge in [-0.05, 0) is 107 Å². The van der Waals surface area contributed by atoms with Gasteiger partial charge in [0.05, 0.1) is 7.11 Å². The highest BCUT2D eigenvalue weighted by molar-refractivity contribution is 5.99. The third-order valence-corrected chi connectivity index (χ3v) is 7.74. The summed E-state index contributed by atoms with van der Waals surface area (Å²) < 4.78 is 10.8. The zero-order chi connectivity index (χ0) is 32.5. The van der Waals surface area contributed by atoms with E-state index in [0.717, 1.165) is 23.1 Å². The van der Waals surface area contributed by atoms with Crippen LogP contribution in [0.1, 0.15) is 97.4 Å². The summed E-state index contributed by atoms with van der Waals surface area (Å²) in [5, 5.41) is 5.92. The van der Waals surface area contributed by atoms with E-state index in [2.05, 4.69) is 24.5 Å². The Balaban J connectivity index is 2.71. The summed E-state index contributed by atoms with van der Waals surface area (Å²) in [6, 6.07) is 10.9. The van der Waals surface area contributed by atoms with Crippen LogP contribution in [0.4, 0.5) is 10.5 Å². The van der Waals surface area contributed by atoms with Gasteiger partial charge < -0.3 is 25.0 Å². The van der Waals surface area contributed by atoms with Gasteiger partial charge in [0.15, 0.2) is 0 Å². The van der Waals surface area contributed by atoms with Crippen molar-refractivity contribution in [2.45, 2.75) is 112 Å². The molecule has 0 bridgehead atoms. The molecule has 3 amide bonds. The van der Waals surface area contributed by atoms with Crippen molar-refractivity contribution in [1.29, 1.82) is 0 Å². The smallest absolute Gasteiger partial charge is 0.408 e. The molecule has 0 saturated heterocycles. The van der Waals surface area contributed by atoms with E-state index in [1.165, 1.54) is 0 Å². The first-order chi connectivity index (χ1) is 20.1. The van der Waals surface area contributed by atoms with Gasteiger partial charge in [0.2, 0.25) is 5.91 Å². The number of benzene rings is 2.